The highest BCUT2D eigenvalue weighted by molar-refractivity contribution is 7.84. The van der Waals surface area contributed by atoms with Gasteiger partial charge >= 0.3 is 0 Å². The summed E-state index contributed by atoms with van der Waals surface area (Å²) >= 11 is 0. The van der Waals surface area contributed by atoms with E-state index in [4.69, 9.17) is 0 Å². The minimum absolute atomic E-state index is 0.440. The van der Waals surface area contributed by atoms with Crippen LogP contribution in [0, 0.1) is 5.92 Å². The van der Waals surface area contributed by atoms with Gasteiger partial charge < -0.3 is 5.32 Å². The van der Waals surface area contributed by atoms with Crippen molar-refractivity contribution in [3.63, 3.8) is 0 Å². The van der Waals surface area contributed by atoms with Crippen molar-refractivity contribution in [1.82, 2.24) is 5.32 Å². The molecule has 0 heterocycles. The molecule has 2 atom stereocenters. The van der Waals surface area contributed by atoms with E-state index >= 15 is 0 Å². The Morgan fingerprint density at radius 2 is 1.90 bits per heavy atom. The van der Waals surface area contributed by atoms with Crippen LogP contribution in [-0.2, 0) is 16.6 Å². The molecule has 1 aromatic carbocycles. The molecule has 118 valence electrons. The molecule has 0 aromatic heterocycles. The van der Waals surface area contributed by atoms with E-state index in [0.29, 0.717) is 11.8 Å². The maximum atomic E-state index is 12.5. The van der Waals surface area contributed by atoms with Gasteiger partial charge in [0.05, 0.1) is 0 Å². The lowest BCUT2D eigenvalue weighted by atomic mass is 9.84. The van der Waals surface area contributed by atoms with Gasteiger partial charge in [-0.3, -0.25) is 4.21 Å². The zero-order valence-electron chi connectivity index (χ0n) is 13.2. The van der Waals surface area contributed by atoms with Crippen molar-refractivity contribution in [2.24, 2.45) is 5.92 Å². The summed E-state index contributed by atoms with van der Waals surface area (Å²) in [7, 11) is -0.769. The fraction of sp³-hybridized carbons (Fsp3) is 0.667. The SMILES string of the molecule is CCCNC(CS(=O)Cc1ccccc1)C1CCCCC1. The molecule has 1 aromatic rings. The van der Waals surface area contributed by atoms with Gasteiger partial charge in [-0.05, 0) is 37.3 Å². The summed E-state index contributed by atoms with van der Waals surface area (Å²) in [6.45, 7) is 3.25. The van der Waals surface area contributed by atoms with Crippen LogP contribution in [0.15, 0.2) is 30.3 Å². The number of hydrogen-bond acceptors (Lipinski definition) is 2. The normalized spacial score (nSPS) is 19.3. The molecule has 1 N–H and O–H groups in total. The average molecular weight is 308 g/mol. The summed E-state index contributed by atoms with van der Waals surface area (Å²) in [6, 6.07) is 10.7. The van der Waals surface area contributed by atoms with Gasteiger partial charge in [0.1, 0.15) is 0 Å². The molecule has 0 bridgehead atoms. The van der Waals surface area contributed by atoms with Crippen molar-refractivity contribution < 1.29 is 4.21 Å². The van der Waals surface area contributed by atoms with E-state index in [0.717, 1.165) is 24.6 Å². The van der Waals surface area contributed by atoms with E-state index in [9.17, 15) is 4.21 Å². The molecule has 1 aliphatic rings. The third kappa shape index (κ3) is 5.91. The van der Waals surface area contributed by atoms with Crippen LogP contribution in [0.2, 0.25) is 0 Å². The van der Waals surface area contributed by atoms with Gasteiger partial charge in [-0.1, -0.05) is 56.5 Å². The lowest BCUT2D eigenvalue weighted by Gasteiger charge is -2.31. The van der Waals surface area contributed by atoms with Crippen LogP contribution in [0.3, 0.4) is 0 Å². The van der Waals surface area contributed by atoms with E-state index in [-0.39, 0.29) is 0 Å². The van der Waals surface area contributed by atoms with Crippen LogP contribution in [0.25, 0.3) is 0 Å². The second kappa shape index (κ2) is 9.37. The Kier molecular flexibility index (Phi) is 7.45. The lowest BCUT2D eigenvalue weighted by molar-refractivity contribution is 0.284. The Morgan fingerprint density at radius 3 is 2.57 bits per heavy atom. The molecule has 3 heteroatoms. The highest BCUT2D eigenvalue weighted by atomic mass is 32.2. The summed E-state index contributed by atoms with van der Waals surface area (Å²) < 4.78 is 12.5. The summed E-state index contributed by atoms with van der Waals surface area (Å²) in [6.07, 6.45) is 7.84. The van der Waals surface area contributed by atoms with Crippen LogP contribution < -0.4 is 5.32 Å². The lowest BCUT2D eigenvalue weighted by Crippen LogP contribution is -2.42. The second-order valence-electron chi connectivity index (χ2n) is 6.20. The molecule has 0 spiro atoms. The molecule has 2 unspecified atom stereocenters. The summed E-state index contributed by atoms with van der Waals surface area (Å²) in [5, 5.41) is 3.66. The largest absolute Gasteiger partial charge is 0.313 e. The minimum Gasteiger partial charge on any atom is -0.313 e. The van der Waals surface area contributed by atoms with Gasteiger partial charge in [0.25, 0.3) is 0 Å². The van der Waals surface area contributed by atoms with Gasteiger partial charge in [-0.2, -0.15) is 0 Å². The highest BCUT2D eigenvalue weighted by Gasteiger charge is 2.24. The van der Waals surface area contributed by atoms with Gasteiger partial charge in [0, 0.05) is 28.3 Å². The first kappa shape index (κ1) is 16.7. The van der Waals surface area contributed by atoms with Gasteiger partial charge in [0.2, 0.25) is 0 Å². The number of rotatable bonds is 8. The van der Waals surface area contributed by atoms with Gasteiger partial charge in [-0.15, -0.1) is 0 Å². The van der Waals surface area contributed by atoms with Crippen molar-refractivity contribution in [2.75, 3.05) is 12.3 Å². The maximum Gasteiger partial charge on any atom is 0.0486 e. The van der Waals surface area contributed by atoms with E-state index in [1.165, 1.54) is 37.7 Å². The minimum atomic E-state index is -0.769. The van der Waals surface area contributed by atoms with Crippen LogP contribution in [0.5, 0.6) is 0 Å². The molecule has 2 nitrogen and oxygen atoms in total. The predicted molar refractivity (Wildman–Crippen MR) is 91.8 cm³/mol. The number of nitrogens with one attached hydrogen (secondary N) is 1. The van der Waals surface area contributed by atoms with Crippen LogP contribution >= 0.6 is 0 Å². The molecule has 0 aliphatic heterocycles. The first-order chi connectivity index (χ1) is 10.3. The van der Waals surface area contributed by atoms with E-state index in [1.807, 2.05) is 18.2 Å². The molecule has 2 rings (SSSR count). The van der Waals surface area contributed by atoms with E-state index in [2.05, 4.69) is 24.4 Å². The molecule has 1 saturated carbocycles. The monoisotopic (exact) mass is 307 g/mol. The maximum absolute atomic E-state index is 12.5. The fourth-order valence-electron chi connectivity index (χ4n) is 3.25. The Balaban J connectivity index is 1.88. The van der Waals surface area contributed by atoms with Crippen molar-refractivity contribution in [1.29, 1.82) is 0 Å². The highest BCUT2D eigenvalue weighted by Crippen LogP contribution is 2.27. The topological polar surface area (TPSA) is 29.1 Å². The molecule has 0 radical (unpaired) electrons. The zero-order valence-corrected chi connectivity index (χ0v) is 14.0. The third-order valence-electron chi connectivity index (χ3n) is 4.41. The zero-order chi connectivity index (χ0) is 14.9. The smallest absolute Gasteiger partial charge is 0.0486 e. The number of benzene rings is 1. The van der Waals surface area contributed by atoms with Crippen molar-refractivity contribution in [2.45, 2.75) is 57.2 Å². The molecule has 0 amide bonds. The molecule has 1 aliphatic carbocycles. The molecular weight excluding hydrogens is 278 g/mol. The first-order valence-electron chi connectivity index (χ1n) is 8.42. The Morgan fingerprint density at radius 1 is 1.19 bits per heavy atom. The summed E-state index contributed by atoms with van der Waals surface area (Å²) in [5.74, 6) is 2.22. The summed E-state index contributed by atoms with van der Waals surface area (Å²) in [4.78, 5) is 0. The number of hydrogen-bond donors (Lipinski definition) is 1. The molecule has 1 fully saturated rings. The van der Waals surface area contributed by atoms with Crippen LogP contribution in [0.4, 0.5) is 0 Å². The molecule has 21 heavy (non-hydrogen) atoms. The third-order valence-corrected chi connectivity index (χ3v) is 5.80. The molecule has 0 saturated heterocycles. The van der Waals surface area contributed by atoms with Crippen LogP contribution in [0.1, 0.15) is 51.0 Å². The summed E-state index contributed by atoms with van der Waals surface area (Å²) in [5.41, 5.74) is 1.19. The quantitative estimate of drug-likeness (QED) is 0.789. The van der Waals surface area contributed by atoms with Crippen LogP contribution in [-0.4, -0.2) is 22.5 Å². The Labute approximate surface area is 132 Å². The Bertz CT molecular complexity index is 414. The van der Waals surface area contributed by atoms with Gasteiger partial charge in [-0.25, -0.2) is 0 Å². The van der Waals surface area contributed by atoms with Crippen molar-refractivity contribution in [3.8, 4) is 0 Å². The average Bonchev–Trinajstić information content (AvgIpc) is 2.53. The predicted octanol–water partition coefficient (Wildman–Crippen LogP) is 3.88. The van der Waals surface area contributed by atoms with E-state index < -0.39 is 10.8 Å². The van der Waals surface area contributed by atoms with E-state index in [1.54, 1.807) is 0 Å². The van der Waals surface area contributed by atoms with Gasteiger partial charge in [0.15, 0.2) is 0 Å². The Hall–Kier alpha value is -0.670. The fourth-order valence-corrected chi connectivity index (χ4v) is 4.72. The standard InChI is InChI=1S/C18H29NOS/c1-2-13-19-18(17-11-7-4-8-12-17)15-21(20)14-16-9-5-3-6-10-16/h3,5-6,9-10,17-19H,2,4,7-8,11-15H2,1H3. The first-order valence-corrected chi connectivity index (χ1v) is 9.90. The second-order valence-corrected chi connectivity index (χ2v) is 7.70. The van der Waals surface area contributed by atoms with Crippen molar-refractivity contribution in [3.05, 3.63) is 35.9 Å². The van der Waals surface area contributed by atoms with Crippen molar-refractivity contribution >= 4 is 10.8 Å². The molecular formula is C18H29NOS.